The van der Waals surface area contributed by atoms with E-state index in [4.69, 9.17) is 4.74 Å². The molecule has 1 aromatic heterocycles. The number of ether oxygens (including phenoxy) is 1. The number of halogens is 3. The first-order valence-electron chi connectivity index (χ1n) is 7.42. The van der Waals surface area contributed by atoms with E-state index in [1.807, 2.05) is 0 Å². The molecule has 2 aromatic carbocycles. The maximum Gasteiger partial charge on any atom is 0.262 e. The number of hydrogen-bond acceptors (Lipinski definition) is 3. The first-order valence-corrected chi connectivity index (χ1v) is 9.03. The van der Waals surface area contributed by atoms with E-state index in [1.54, 1.807) is 24.3 Å². The zero-order valence-corrected chi connectivity index (χ0v) is 15.6. The molecule has 0 atom stereocenters. The summed E-state index contributed by atoms with van der Waals surface area (Å²) in [7, 11) is 1.49. The summed E-state index contributed by atoms with van der Waals surface area (Å²) in [6, 6.07) is 9.24. The summed E-state index contributed by atoms with van der Waals surface area (Å²) in [6.07, 6.45) is 0. The van der Waals surface area contributed by atoms with Crippen LogP contribution in [-0.4, -0.2) is 13.0 Å². The van der Waals surface area contributed by atoms with Crippen molar-refractivity contribution in [3.05, 3.63) is 68.5 Å². The molecule has 0 radical (unpaired) electrons. The lowest BCUT2D eigenvalue weighted by Crippen LogP contribution is -2.23. The van der Waals surface area contributed by atoms with Gasteiger partial charge in [-0.15, -0.1) is 11.3 Å². The van der Waals surface area contributed by atoms with Crippen LogP contribution in [0.2, 0.25) is 0 Å². The monoisotopic (exact) mass is 425 g/mol. The highest BCUT2D eigenvalue weighted by Crippen LogP contribution is 2.33. The van der Waals surface area contributed by atoms with Crippen molar-refractivity contribution < 1.29 is 18.3 Å². The molecule has 0 saturated carbocycles. The Morgan fingerprint density at radius 2 is 2.04 bits per heavy atom. The van der Waals surface area contributed by atoms with Crippen molar-refractivity contribution in [2.45, 2.75) is 13.2 Å². The number of fused-ring (bicyclic) bond motifs is 1. The van der Waals surface area contributed by atoms with Crippen molar-refractivity contribution in [1.29, 1.82) is 0 Å². The van der Waals surface area contributed by atoms with Gasteiger partial charge in [0.15, 0.2) is 0 Å². The van der Waals surface area contributed by atoms with E-state index in [0.29, 0.717) is 26.1 Å². The number of hydrogen-bond donors (Lipinski definition) is 1. The van der Waals surface area contributed by atoms with Gasteiger partial charge in [0.1, 0.15) is 11.6 Å². The first kappa shape index (κ1) is 18.0. The van der Waals surface area contributed by atoms with Crippen LogP contribution in [0.3, 0.4) is 0 Å². The third-order valence-corrected chi connectivity index (χ3v) is 5.39. The van der Waals surface area contributed by atoms with Gasteiger partial charge in [-0.3, -0.25) is 4.79 Å². The summed E-state index contributed by atoms with van der Waals surface area (Å²) >= 11 is 4.47. The highest BCUT2D eigenvalue weighted by atomic mass is 79.9. The van der Waals surface area contributed by atoms with E-state index in [-0.39, 0.29) is 19.1 Å². The smallest absolute Gasteiger partial charge is 0.262 e. The van der Waals surface area contributed by atoms with Gasteiger partial charge in [-0.25, -0.2) is 8.78 Å². The Morgan fingerprint density at radius 3 is 2.80 bits per heavy atom. The normalized spacial score (nSPS) is 11.0. The SMILES string of the molecule is COCc1c(C(=O)NCc2cc(Br)ccc2F)sc2cccc(F)c12. The zero-order chi connectivity index (χ0) is 18.0. The first-order chi connectivity index (χ1) is 12.0. The Hall–Kier alpha value is -1.83. The quantitative estimate of drug-likeness (QED) is 0.623. The second-order valence-electron chi connectivity index (χ2n) is 5.37. The molecule has 0 spiro atoms. The standard InChI is InChI=1S/C18H14BrF2NO2S/c1-24-9-12-16-14(21)3-2-4-15(16)25-17(12)18(23)22-8-10-7-11(19)5-6-13(10)20/h2-7H,8-9H2,1H3,(H,22,23). The van der Waals surface area contributed by atoms with Gasteiger partial charge in [-0.2, -0.15) is 0 Å². The molecule has 130 valence electrons. The molecule has 0 unspecified atom stereocenters. The zero-order valence-electron chi connectivity index (χ0n) is 13.2. The average molecular weight is 426 g/mol. The highest BCUT2D eigenvalue weighted by Gasteiger charge is 2.20. The molecule has 1 heterocycles. The van der Waals surface area contributed by atoms with Gasteiger partial charge >= 0.3 is 0 Å². The van der Waals surface area contributed by atoms with E-state index >= 15 is 0 Å². The van der Waals surface area contributed by atoms with Crippen LogP contribution in [0, 0.1) is 11.6 Å². The van der Waals surface area contributed by atoms with E-state index in [0.717, 1.165) is 4.47 Å². The van der Waals surface area contributed by atoms with E-state index in [2.05, 4.69) is 21.2 Å². The van der Waals surface area contributed by atoms with Crippen LogP contribution in [-0.2, 0) is 17.9 Å². The molecule has 7 heteroatoms. The van der Waals surface area contributed by atoms with Gasteiger partial charge in [0.25, 0.3) is 5.91 Å². The van der Waals surface area contributed by atoms with Crippen LogP contribution >= 0.6 is 27.3 Å². The highest BCUT2D eigenvalue weighted by molar-refractivity contribution is 9.10. The van der Waals surface area contributed by atoms with Crippen molar-refractivity contribution in [3.63, 3.8) is 0 Å². The third-order valence-electron chi connectivity index (χ3n) is 3.71. The van der Waals surface area contributed by atoms with Crippen LogP contribution < -0.4 is 5.32 Å². The molecule has 0 aliphatic heterocycles. The number of methoxy groups -OCH3 is 1. The summed E-state index contributed by atoms with van der Waals surface area (Å²) in [5, 5.41) is 3.09. The molecule has 0 fully saturated rings. The second-order valence-corrected chi connectivity index (χ2v) is 7.34. The fourth-order valence-electron chi connectivity index (χ4n) is 2.57. The number of nitrogens with one attached hydrogen (secondary N) is 1. The summed E-state index contributed by atoms with van der Waals surface area (Å²) in [5.41, 5.74) is 0.871. The predicted molar refractivity (Wildman–Crippen MR) is 97.8 cm³/mol. The lowest BCUT2D eigenvalue weighted by molar-refractivity contribution is 0.0950. The van der Waals surface area contributed by atoms with Crippen molar-refractivity contribution >= 4 is 43.3 Å². The van der Waals surface area contributed by atoms with Crippen LogP contribution in [0.1, 0.15) is 20.8 Å². The van der Waals surface area contributed by atoms with Crippen LogP contribution in [0.5, 0.6) is 0 Å². The molecule has 25 heavy (non-hydrogen) atoms. The third kappa shape index (κ3) is 3.73. The molecule has 3 rings (SSSR count). The fourth-order valence-corrected chi connectivity index (χ4v) is 4.11. The molecule has 0 aliphatic carbocycles. The van der Waals surface area contributed by atoms with Crippen LogP contribution in [0.4, 0.5) is 8.78 Å². The minimum Gasteiger partial charge on any atom is -0.380 e. The Morgan fingerprint density at radius 1 is 1.24 bits per heavy atom. The summed E-state index contributed by atoms with van der Waals surface area (Å²) in [4.78, 5) is 13.0. The molecule has 3 aromatic rings. The molecule has 0 saturated heterocycles. The van der Waals surface area contributed by atoms with E-state index in [1.165, 1.54) is 30.6 Å². The summed E-state index contributed by atoms with van der Waals surface area (Å²) in [5.74, 6) is -1.17. The maximum atomic E-state index is 14.2. The minimum absolute atomic E-state index is 0.0350. The number of carbonyl (C=O) groups is 1. The van der Waals surface area contributed by atoms with Crippen LogP contribution in [0.25, 0.3) is 10.1 Å². The van der Waals surface area contributed by atoms with Gasteiger partial charge in [0.05, 0.1) is 11.5 Å². The molecule has 3 nitrogen and oxygen atoms in total. The molecular formula is C18H14BrF2NO2S. The number of rotatable bonds is 5. The molecule has 1 amide bonds. The van der Waals surface area contributed by atoms with E-state index in [9.17, 15) is 13.6 Å². The predicted octanol–water partition coefficient (Wildman–Crippen LogP) is 5.02. The fraction of sp³-hybridized carbons (Fsp3) is 0.167. The van der Waals surface area contributed by atoms with Gasteiger partial charge in [-0.1, -0.05) is 22.0 Å². The Bertz CT molecular complexity index is 942. The number of thiophene rings is 1. The van der Waals surface area contributed by atoms with E-state index < -0.39 is 11.6 Å². The van der Waals surface area contributed by atoms with Crippen molar-refractivity contribution in [2.75, 3.05) is 7.11 Å². The Balaban J connectivity index is 1.90. The summed E-state index contributed by atoms with van der Waals surface area (Å²) < 4.78 is 34.5. The maximum absolute atomic E-state index is 14.2. The second kappa shape index (κ2) is 7.59. The molecule has 1 N–H and O–H groups in total. The van der Waals surface area contributed by atoms with Gasteiger partial charge < -0.3 is 10.1 Å². The van der Waals surface area contributed by atoms with Crippen LogP contribution in [0.15, 0.2) is 40.9 Å². The Kier molecular flexibility index (Phi) is 5.46. The van der Waals surface area contributed by atoms with Gasteiger partial charge in [0, 0.05) is 39.3 Å². The topological polar surface area (TPSA) is 38.3 Å². The van der Waals surface area contributed by atoms with Gasteiger partial charge in [-0.05, 0) is 30.3 Å². The van der Waals surface area contributed by atoms with Gasteiger partial charge in [0.2, 0.25) is 0 Å². The summed E-state index contributed by atoms with van der Waals surface area (Å²) in [6.45, 7) is 0.155. The largest absolute Gasteiger partial charge is 0.380 e. The lowest BCUT2D eigenvalue weighted by atomic mass is 10.1. The number of carbonyl (C=O) groups excluding carboxylic acids is 1. The Labute approximate surface area is 155 Å². The average Bonchev–Trinajstić information content (AvgIpc) is 2.96. The van der Waals surface area contributed by atoms with Crippen molar-refractivity contribution in [2.24, 2.45) is 0 Å². The number of amides is 1. The molecular weight excluding hydrogens is 412 g/mol. The minimum atomic E-state index is -0.400. The lowest BCUT2D eigenvalue weighted by Gasteiger charge is -2.08. The molecule has 0 bridgehead atoms. The van der Waals surface area contributed by atoms with Crippen molar-refractivity contribution in [3.8, 4) is 0 Å². The molecule has 0 aliphatic rings. The number of benzene rings is 2. The van der Waals surface area contributed by atoms with Crippen molar-refractivity contribution in [1.82, 2.24) is 5.32 Å².